The first kappa shape index (κ1) is 15.1. The minimum Gasteiger partial charge on any atom is -0.275 e. The van der Waals surface area contributed by atoms with Gasteiger partial charge in [-0.25, -0.2) is 17.2 Å². The maximum atomic E-state index is 13.6. The van der Waals surface area contributed by atoms with Crippen molar-refractivity contribution in [1.29, 1.82) is 0 Å². The third-order valence-electron chi connectivity index (χ3n) is 2.27. The molecule has 9 heteroatoms. The number of benzene rings is 1. The van der Waals surface area contributed by atoms with Crippen molar-refractivity contribution in [2.75, 3.05) is 4.72 Å². The van der Waals surface area contributed by atoms with E-state index in [0.29, 0.717) is 6.07 Å². The Kier molecular flexibility index (Phi) is 4.26. The quantitative estimate of drug-likeness (QED) is 0.881. The van der Waals surface area contributed by atoms with E-state index in [9.17, 15) is 17.2 Å². The van der Waals surface area contributed by atoms with Gasteiger partial charge >= 0.3 is 0 Å². The largest absolute Gasteiger partial charge is 0.275 e. The molecule has 0 aliphatic heterocycles. The number of nitrogens with one attached hydrogen (secondary N) is 1. The third-order valence-corrected chi connectivity index (χ3v) is 4.71. The van der Waals surface area contributed by atoms with Gasteiger partial charge in [-0.3, -0.25) is 9.71 Å². The molecule has 2 rings (SSSR count). The van der Waals surface area contributed by atoms with Gasteiger partial charge in [0.05, 0.1) is 10.7 Å². The van der Waals surface area contributed by atoms with Crippen LogP contribution in [0.15, 0.2) is 40.0 Å². The fourth-order valence-electron chi connectivity index (χ4n) is 1.39. The first-order chi connectivity index (χ1) is 9.31. The van der Waals surface area contributed by atoms with Crippen LogP contribution in [-0.4, -0.2) is 13.4 Å². The number of anilines is 1. The second-order valence-corrected chi connectivity index (χ2v) is 6.57. The van der Waals surface area contributed by atoms with Gasteiger partial charge < -0.3 is 0 Å². The van der Waals surface area contributed by atoms with E-state index < -0.39 is 27.3 Å². The van der Waals surface area contributed by atoms with Crippen molar-refractivity contribution in [2.45, 2.75) is 4.90 Å². The molecule has 1 aromatic heterocycles. The van der Waals surface area contributed by atoms with Crippen molar-refractivity contribution in [3.8, 4) is 0 Å². The van der Waals surface area contributed by atoms with Gasteiger partial charge in [0.15, 0.2) is 5.82 Å². The molecule has 0 bridgehead atoms. The molecule has 0 aliphatic carbocycles. The Balaban J connectivity index is 2.47. The number of rotatable bonds is 3. The van der Waals surface area contributed by atoms with Crippen LogP contribution in [0.5, 0.6) is 0 Å². The van der Waals surface area contributed by atoms with E-state index in [-0.39, 0.29) is 14.4 Å². The highest BCUT2D eigenvalue weighted by Gasteiger charge is 2.21. The fourth-order valence-corrected chi connectivity index (χ4v) is 3.55. The van der Waals surface area contributed by atoms with Crippen molar-refractivity contribution in [2.24, 2.45) is 0 Å². The molecular formula is C11H6BrClF2N2O2S. The molecule has 0 aliphatic rings. The Morgan fingerprint density at radius 1 is 1.30 bits per heavy atom. The molecule has 0 fully saturated rings. The SMILES string of the molecule is O=S(=O)(Nc1c(F)cc(F)cc1Br)c1cnccc1Cl. The van der Waals surface area contributed by atoms with Gasteiger partial charge in [-0.1, -0.05) is 11.6 Å². The van der Waals surface area contributed by atoms with Crippen molar-refractivity contribution in [3.63, 3.8) is 0 Å². The van der Waals surface area contributed by atoms with Gasteiger partial charge in [0, 0.05) is 22.9 Å². The van der Waals surface area contributed by atoms with Crippen LogP contribution in [0.4, 0.5) is 14.5 Å². The van der Waals surface area contributed by atoms with Crippen molar-refractivity contribution >= 4 is 43.2 Å². The van der Waals surface area contributed by atoms with E-state index >= 15 is 0 Å². The van der Waals surface area contributed by atoms with Crippen LogP contribution >= 0.6 is 27.5 Å². The molecular weight excluding hydrogens is 378 g/mol. The van der Waals surface area contributed by atoms with Crippen LogP contribution in [0, 0.1) is 11.6 Å². The number of hydrogen-bond donors (Lipinski definition) is 1. The summed E-state index contributed by atoms with van der Waals surface area (Å²) in [6, 6.07) is 2.78. The van der Waals surface area contributed by atoms with Crippen LogP contribution in [0.1, 0.15) is 0 Å². The highest BCUT2D eigenvalue weighted by Crippen LogP contribution is 2.30. The molecule has 1 N–H and O–H groups in total. The lowest BCUT2D eigenvalue weighted by molar-refractivity contribution is 0.581. The molecule has 0 saturated carbocycles. The maximum absolute atomic E-state index is 13.6. The van der Waals surface area contributed by atoms with Gasteiger partial charge in [-0.15, -0.1) is 0 Å². The molecule has 0 radical (unpaired) electrons. The average Bonchev–Trinajstić information content (AvgIpc) is 2.34. The Morgan fingerprint density at radius 2 is 2.00 bits per heavy atom. The topological polar surface area (TPSA) is 59.1 Å². The molecule has 20 heavy (non-hydrogen) atoms. The molecule has 1 heterocycles. The highest BCUT2D eigenvalue weighted by molar-refractivity contribution is 9.10. The zero-order valence-electron chi connectivity index (χ0n) is 9.57. The molecule has 2 aromatic rings. The van der Waals surface area contributed by atoms with E-state index in [2.05, 4.69) is 20.9 Å². The Bertz CT molecular complexity index is 748. The molecule has 0 atom stereocenters. The molecule has 0 amide bonds. The van der Waals surface area contributed by atoms with Gasteiger partial charge in [0.2, 0.25) is 0 Å². The Morgan fingerprint density at radius 3 is 2.60 bits per heavy atom. The summed E-state index contributed by atoms with van der Waals surface area (Å²) in [4.78, 5) is 3.34. The van der Waals surface area contributed by atoms with Crippen molar-refractivity contribution in [3.05, 3.63) is 51.7 Å². The summed E-state index contributed by atoms with van der Waals surface area (Å²) in [5.41, 5.74) is -0.411. The van der Waals surface area contributed by atoms with Gasteiger partial charge in [0.1, 0.15) is 10.7 Å². The smallest absolute Gasteiger partial charge is 0.265 e. The normalized spacial score (nSPS) is 11.4. The predicted molar refractivity (Wildman–Crippen MR) is 74.1 cm³/mol. The van der Waals surface area contributed by atoms with Crippen LogP contribution in [0.2, 0.25) is 5.02 Å². The number of hydrogen-bond acceptors (Lipinski definition) is 3. The summed E-state index contributed by atoms with van der Waals surface area (Å²) in [5.74, 6) is -1.89. The van der Waals surface area contributed by atoms with Crippen LogP contribution < -0.4 is 4.72 Å². The monoisotopic (exact) mass is 382 g/mol. The second kappa shape index (κ2) is 5.63. The minimum absolute atomic E-state index is 0.0638. The van der Waals surface area contributed by atoms with Crippen molar-refractivity contribution in [1.82, 2.24) is 4.98 Å². The van der Waals surface area contributed by atoms with E-state index in [1.165, 1.54) is 12.3 Å². The molecule has 0 unspecified atom stereocenters. The van der Waals surface area contributed by atoms with Crippen LogP contribution in [-0.2, 0) is 10.0 Å². The number of halogens is 4. The van der Waals surface area contributed by atoms with Crippen molar-refractivity contribution < 1.29 is 17.2 Å². The number of nitrogens with zero attached hydrogens (tertiary/aromatic N) is 1. The van der Waals surface area contributed by atoms with Gasteiger partial charge in [0.25, 0.3) is 10.0 Å². The number of aromatic nitrogens is 1. The van der Waals surface area contributed by atoms with Gasteiger partial charge in [-0.05, 0) is 28.1 Å². The summed E-state index contributed by atoms with van der Waals surface area (Å²) in [5, 5.41) is -0.0638. The lowest BCUT2D eigenvalue weighted by Gasteiger charge is -2.11. The third kappa shape index (κ3) is 3.08. The highest BCUT2D eigenvalue weighted by atomic mass is 79.9. The lowest BCUT2D eigenvalue weighted by atomic mass is 10.3. The van der Waals surface area contributed by atoms with Gasteiger partial charge in [-0.2, -0.15) is 0 Å². The minimum atomic E-state index is -4.14. The number of sulfonamides is 1. The molecule has 0 spiro atoms. The molecule has 4 nitrogen and oxygen atoms in total. The van der Waals surface area contributed by atoms with E-state index in [1.54, 1.807) is 0 Å². The predicted octanol–water partition coefficient (Wildman–Crippen LogP) is 3.58. The molecule has 1 aromatic carbocycles. The maximum Gasteiger partial charge on any atom is 0.265 e. The fraction of sp³-hybridized carbons (Fsp3) is 0. The van der Waals surface area contributed by atoms with E-state index in [4.69, 9.17) is 11.6 Å². The number of pyridine rings is 1. The van der Waals surface area contributed by atoms with E-state index in [1.807, 2.05) is 4.72 Å². The molecule has 106 valence electrons. The van der Waals surface area contributed by atoms with Crippen LogP contribution in [0.25, 0.3) is 0 Å². The first-order valence-corrected chi connectivity index (χ1v) is 7.73. The zero-order chi connectivity index (χ0) is 14.9. The van der Waals surface area contributed by atoms with Crippen LogP contribution in [0.3, 0.4) is 0 Å². The summed E-state index contributed by atoms with van der Waals surface area (Å²) in [7, 11) is -4.14. The summed E-state index contributed by atoms with van der Waals surface area (Å²) in [6.45, 7) is 0. The first-order valence-electron chi connectivity index (χ1n) is 5.08. The zero-order valence-corrected chi connectivity index (χ0v) is 12.7. The summed E-state index contributed by atoms with van der Waals surface area (Å²) < 4.78 is 52.7. The average molecular weight is 384 g/mol. The summed E-state index contributed by atoms with van der Waals surface area (Å²) >= 11 is 8.64. The lowest BCUT2D eigenvalue weighted by Crippen LogP contribution is -2.15. The summed E-state index contributed by atoms with van der Waals surface area (Å²) in [6.07, 6.45) is 2.34. The van der Waals surface area contributed by atoms with E-state index in [0.717, 1.165) is 12.3 Å². The second-order valence-electron chi connectivity index (χ2n) is 3.66. The Labute approximate surface area is 127 Å². The standard InChI is InChI=1S/C11H6BrClF2N2O2S/c12-7-3-6(14)4-9(15)11(7)17-20(18,19)10-5-16-2-1-8(10)13/h1-5,17H. The Hall–Kier alpha value is -1.25. The molecule has 0 saturated heterocycles.